The normalized spacial score (nSPS) is 14.1. The first-order chi connectivity index (χ1) is 14.5. The first-order valence-electron chi connectivity index (χ1n) is 9.29. The minimum Gasteiger partial charge on any atom is -0.452 e. The van der Waals surface area contributed by atoms with Crippen molar-refractivity contribution in [2.75, 3.05) is 0 Å². The Hall–Kier alpha value is -3.99. The first kappa shape index (κ1) is 19.3. The molecule has 148 valence electrons. The van der Waals surface area contributed by atoms with E-state index in [1.54, 1.807) is 25.1 Å². The number of aryl methyl sites for hydroxylation is 1. The van der Waals surface area contributed by atoms with Gasteiger partial charge in [0.25, 0.3) is 0 Å². The quantitative estimate of drug-likeness (QED) is 0.328. The Morgan fingerprint density at radius 1 is 1.03 bits per heavy atom. The van der Waals surface area contributed by atoms with E-state index in [2.05, 4.69) is 0 Å². The van der Waals surface area contributed by atoms with Gasteiger partial charge in [-0.05, 0) is 54.5 Å². The van der Waals surface area contributed by atoms with Crippen LogP contribution < -0.4 is 9.47 Å². The maximum absolute atomic E-state index is 13.0. The number of benzene rings is 3. The van der Waals surface area contributed by atoms with E-state index >= 15 is 0 Å². The highest BCUT2D eigenvalue weighted by Crippen LogP contribution is 2.37. The number of hydrogen-bond donors (Lipinski definition) is 0. The summed E-state index contributed by atoms with van der Waals surface area (Å²) in [6.07, 6.45) is 5.23. The highest BCUT2D eigenvalue weighted by atomic mass is 19.1. The number of hydrogen-bond acceptors (Lipinski definition) is 4. The molecule has 0 N–H and O–H groups in total. The topological polar surface area (TPSA) is 52.6 Å². The largest absolute Gasteiger partial charge is 0.452 e. The first-order valence-corrected chi connectivity index (χ1v) is 9.29. The van der Waals surface area contributed by atoms with Gasteiger partial charge < -0.3 is 9.47 Å². The van der Waals surface area contributed by atoms with Crippen molar-refractivity contribution in [3.05, 3.63) is 113 Å². The van der Waals surface area contributed by atoms with Crippen molar-refractivity contribution in [1.29, 1.82) is 0 Å². The van der Waals surface area contributed by atoms with E-state index < -0.39 is 11.8 Å². The van der Waals surface area contributed by atoms with Crippen LogP contribution in [0.1, 0.15) is 31.8 Å². The minimum absolute atomic E-state index is 0.197. The molecule has 1 aliphatic rings. The van der Waals surface area contributed by atoms with Crippen LogP contribution in [0.4, 0.5) is 4.39 Å². The zero-order valence-corrected chi connectivity index (χ0v) is 16.1. The fourth-order valence-corrected chi connectivity index (χ4v) is 3.11. The molecule has 0 unspecified atom stereocenters. The molecule has 30 heavy (non-hydrogen) atoms. The van der Waals surface area contributed by atoms with Crippen LogP contribution in [0.5, 0.6) is 11.5 Å². The smallest absolute Gasteiger partial charge is 0.343 e. The molecule has 3 aromatic carbocycles. The van der Waals surface area contributed by atoms with E-state index in [1.807, 2.05) is 36.4 Å². The molecule has 0 spiro atoms. The van der Waals surface area contributed by atoms with Crippen LogP contribution in [0, 0.1) is 12.7 Å². The van der Waals surface area contributed by atoms with Gasteiger partial charge in [0.2, 0.25) is 5.78 Å². The van der Waals surface area contributed by atoms with Gasteiger partial charge in [-0.3, -0.25) is 4.79 Å². The molecule has 0 atom stereocenters. The van der Waals surface area contributed by atoms with Gasteiger partial charge in [0.05, 0.1) is 11.1 Å². The van der Waals surface area contributed by atoms with Gasteiger partial charge in [0.1, 0.15) is 17.3 Å². The van der Waals surface area contributed by atoms with Crippen LogP contribution in [0.3, 0.4) is 0 Å². The van der Waals surface area contributed by atoms with Gasteiger partial charge in [-0.25, -0.2) is 9.18 Å². The minimum atomic E-state index is -0.625. The zero-order chi connectivity index (χ0) is 21.1. The van der Waals surface area contributed by atoms with Crippen molar-refractivity contribution in [1.82, 2.24) is 0 Å². The SMILES string of the molecule is Cc1cc(OC(=O)c2ccc(F)cc2)cc2c1C(=O)/C(=C/C=C/c1ccccc1)O2. The molecule has 0 saturated carbocycles. The third-order valence-electron chi connectivity index (χ3n) is 4.57. The van der Waals surface area contributed by atoms with Crippen molar-refractivity contribution in [3.63, 3.8) is 0 Å². The number of ketones is 1. The molecule has 0 amide bonds. The van der Waals surface area contributed by atoms with Crippen LogP contribution in [0.25, 0.3) is 6.08 Å². The predicted molar refractivity (Wildman–Crippen MR) is 111 cm³/mol. The predicted octanol–water partition coefficient (Wildman–Crippen LogP) is 5.53. The van der Waals surface area contributed by atoms with Crippen molar-refractivity contribution < 1.29 is 23.5 Å². The molecule has 0 saturated heterocycles. The molecule has 0 fully saturated rings. The van der Waals surface area contributed by atoms with Gasteiger partial charge >= 0.3 is 5.97 Å². The number of carbonyl (C=O) groups excluding carboxylic acids is 2. The summed E-state index contributed by atoms with van der Waals surface area (Å²) in [5, 5.41) is 0. The second-order valence-corrected chi connectivity index (χ2v) is 6.74. The van der Waals surface area contributed by atoms with E-state index in [4.69, 9.17) is 9.47 Å². The molecule has 0 aromatic heterocycles. The third-order valence-corrected chi connectivity index (χ3v) is 4.57. The lowest BCUT2D eigenvalue weighted by Crippen LogP contribution is -2.08. The Bertz CT molecular complexity index is 1180. The Kier molecular flexibility index (Phi) is 5.26. The highest BCUT2D eigenvalue weighted by Gasteiger charge is 2.30. The fourth-order valence-electron chi connectivity index (χ4n) is 3.11. The number of halogens is 1. The molecule has 0 radical (unpaired) electrons. The van der Waals surface area contributed by atoms with E-state index in [9.17, 15) is 14.0 Å². The molecule has 3 aromatic rings. The van der Waals surface area contributed by atoms with E-state index in [1.165, 1.54) is 30.3 Å². The van der Waals surface area contributed by atoms with Crippen molar-refractivity contribution >= 4 is 17.8 Å². The lowest BCUT2D eigenvalue weighted by Gasteiger charge is -2.07. The Morgan fingerprint density at radius 3 is 2.50 bits per heavy atom. The van der Waals surface area contributed by atoms with Gasteiger partial charge in [-0.1, -0.05) is 42.5 Å². The Labute approximate surface area is 172 Å². The van der Waals surface area contributed by atoms with Gasteiger partial charge in [-0.15, -0.1) is 0 Å². The molecule has 0 bridgehead atoms. The third kappa shape index (κ3) is 4.05. The number of carbonyl (C=O) groups is 2. The summed E-state index contributed by atoms with van der Waals surface area (Å²) in [5.74, 6) is -0.512. The summed E-state index contributed by atoms with van der Waals surface area (Å²) in [7, 11) is 0. The van der Waals surface area contributed by atoms with E-state index in [0.717, 1.165) is 5.56 Å². The number of fused-ring (bicyclic) bond motifs is 1. The number of allylic oxidation sites excluding steroid dienone is 3. The lowest BCUT2D eigenvalue weighted by atomic mass is 10.0. The summed E-state index contributed by atoms with van der Waals surface area (Å²) in [6.45, 7) is 1.75. The molecular weight excluding hydrogens is 383 g/mol. The van der Waals surface area contributed by atoms with Crippen molar-refractivity contribution in [2.45, 2.75) is 6.92 Å². The monoisotopic (exact) mass is 400 g/mol. The van der Waals surface area contributed by atoms with Crippen molar-refractivity contribution in [3.8, 4) is 11.5 Å². The van der Waals surface area contributed by atoms with Crippen LogP contribution >= 0.6 is 0 Å². The van der Waals surface area contributed by atoms with Crippen LogP contribution in [-0.4, -0.2) is 11.8 Å². The van der Waals surface area contributed by atoms with E-state index in [0.29, 0.717) is 16.9 Å². The zero-order valence-electron chi connectivity index (χ0n) is 16.1. The molecule has 4 nitrogen and oxygen atoms in total. The van der Waals surface area contributed by atoms with Crippen molar-refractivity contribution in [2.24, 2.45) is 0 Å². The Morgan fingerprint density at radius 2 is 1.77 bits per heavy atom. The second-order valence-electron chi connectivity index (χ2n) is 6.74. The molecule has 4 rings (SSSR count). The van der Waals surface area contributed by atoms with Gasteiger partial charge in [0.15, 0.2) is 5.76 Å². The average molecular weight is 400 g/mol. The number of ether oxygens (including phenoxy) is 2. The lowest BCUT2D eigenvalue weighted by molar-refractivity contribution is 0.0734. The summed E-state index contributed by atoms with van der Waals surface area (Å²) in [6, 6.07) is 17.9. The summed E-state index contributed by atoms with van der Waals surface area (Å²) in [4.78, 5) is 24.9. The second kappa shape index (κ2) is 8.17. The summed E-state index contributed by atoms with van der Waals surface area (Å²) in [5.41, 5.74) is 2.30. The summed E-state index contributed by atoms with van der Waals surface area (Å²) < 4.78 is 24.1. The average Bonchev–Trinajstić information content (AvgIpc) is 3.05. The van der Waals surface area contributed by atoms with Gasteiger partial charge in [0, 0.05) is 6.07 Å². The molecule has 5 heteroatoms. The summed E-state index contributed by atoms with van der Waals surface area (Å²) >= 11 is 0. The number of esters is 1. The fraction of sp³-hybridized carbons (Fsp3) is 0.0400. The number of Topliss-reactive ketones (excluding diaryl/α,β-unsaturated/α-hetero) is 1. The Balaban J connectivity index is 1.53. The van der Waals surface area contributed by atoms with Gasteiger partial charge in [-0.2, -0.15) is 0 Å². The van der Waals surface area contributed by atoms with Crippen LogP contribution in [0.2, 0.25) is 0 Å². The maximum Gasteiger partial charge on any atom is 0.343 e. The number of rotatable bonds is 4. The molecule has 1 heterocycles. The van der Waals surface area contributed by atoms with Crippen LogP contribution in [0.15, 0.2) is 84.6 Å². The van der Waals surface area contributed by atoms with E-state index in [-0.39, 0.29) is 22.9 Å². The molecule has 1 aliphatic heterocycles. The maximum atomic E-state index is 13.0. The standard InChI is InChI=1S/C25H17FO4/c1-16-14-20(29-25(28)18-10-12-19(26)13-11-18)15-22-23(16)24(27)21(30-22)9-5-8-17-6-3-2-4-7-17/h2-15H,1H3/b8-5+,21-9-. The highest BCUT2D eigenvalue weighted by molar-refractivity contribution is 6.13. The molecular formula is C25H17FO4. The molecule has 0 aliphatic carbocycles. The van der Waals surface area contributed by atoms with Crippen LogP contribution in [-0.2, 0) is 0 Å².